The van der Waals surface area contributed by atoms with Crippen molar-refractivity contribution in [1.82, 2.24) is 10.0 Å². The van der Waals surface area contributed by atoms with Gasteiger partial charge in [0.15, 0.2) is 0 Å². The number of thiophene rings is 1. The average molecular weight is 320 g/mol. The molecule has 0 unspecified atom stereocenters. The molecular formula is C13H24N2O3S2. The van der Waals surface area contributed by atoms with E-state index in [1.54, 1.807) is 11.4 Å². The summed E-state index contributed by atoms with van der Waals surface area (Å²) in [4.78, 5) is 1.36. The molecule has 0 saturated heterocycles. The first-order valence-electron chi connectivity index (χ1n) is 6.85. The van der Waals surface area contributed by atoms with Crippen molar-refractivity contribution in [1.29, 1.82) is 0 Å². The van der Waals surface area contributed by atoms with E-state index in [9.17, 15) is 8.42 Å². The lowest BCUT2D eigenvalue weighted by Crippen LogP contribution is -2.28. The van der Waals surface area contributed by atoms with Crippen LogP contribution in [0.3, 0.4) is 0 Å². The lowest BCUT2D eigenvalue weighted by molar-refractivity contribution is 0.0834. The zero-order chi connectivity index (χ0) is 15.0. The van der Waals surface area contributed by atoms with Crippen LogP contribution in [0.4, 0.5) is 0 Å². The third-order valence-electron chi connectivity index (χ3n) is 2.51. The van der Waals surface area contributed by atoms with Crippen LogP contribution >= 0.6 is 11.3 Å². The number of sulfonamides is 1. The second-order valence-corrected chi connectivity index (χ2v) is 7.51. The van der Waals surface area contributed by atoms with Crippen molar-refractivity contribution in [2.75, 3.05) is 19.7 Å². The lowest BCUT2D eigenvalue weighted by Gasteiger charge is -2.08. The molecule has 0 saturated carbocycles. The Kier molecular flexibility index (Phi) is 7.68. The highest BCUT2D eigenvalue weighted by atomic mass is 32.2. The van der Waals surface area contributed by atoms with E-state index in [1.807, 2.05) is 13.8 Å². The largest absolute Gasteiger partial charge is 0.377 e. The molecule has 0 radical (unpaired) electrons. The van der Waals surface area contributed by atoms with E-state index in [0.29, 0.717) is 24.6 Å². The van der Waals surface area contributed by atoms with Crippen LogP contribution in [0.2, 0.25) is 0 Å². The maximum absolute atomic E-state index is 12.0. The first-order valence-corrected chi connectivity index (χ1v) is 9.21. The zero-order valence-electron chi connectivity index (χ0n) is 12.3. The normalized spacial score (nSPS) is 12.2. The third-order valence-corrected chi connectivity index (χ3v) is 5.04. The number of nitrogens with one attached hydrogen (secondary N) is 2. The summed E-state index contributed by atoms with van der Waals surface area (Å²) in [6, 6.07) is 1.72. The Morgan fingerprint density at radius 1 is 1.35 bits per heavy atom. The van der Waals surface area contributed by atoms with E-state index < -0.39 is 10.0 Å². The smallest absolute Gasteiger partial charge is 0.241 e. The van der Waals surface area contributed by atoms with Crippen molar-refractivity contribution in [3.8, 4) is 0 Å². The molecule has 0 atom stereocenters. The van der Waals surface area contributed by atoms with E-state index in [4.69, 9.17) is 4.74 Å². The minimum Gasteiger partial charge on any atom is -0.377 e. The van der Waals surface area contributed by atoms with Gasteiger partial charge in [0.05, 0.1) is 17.6 Å². The summed E-state index contributed by atoms with van der Waals surface area (Å²) in [5.41, 5.74) is 0. The van der Waals surface area contributed by atoms with Gasteiger partial charge in [0, 0.05) is 23.3 Å². The number of ether oxygens (including phenoxy) is 1. The van der Waals surface area contributed by atoms with Gasteiger partial charge < -0.3 is 10.1 Å². The zero-order valence-corrected chi connectivity index (χ0v) is 13.9. The second-order valence-electron chi connectivity index (χ2n) is 4.74. The maximum atomic E-state index is 12.0. The molecule has 2 N–H and O–H groups in total. The summed E-state index contributed by atoms with van der Waals surface area (Å²) >= 11 is 1.46. The predicted molar refractivity (Wildman–Crippen MR) is 82.6 cm³/mol. The number of hydrogen-bond acceptors (Lipinski definition) is 5. The number of rotatable bonds is 10. The Balaban J connectivity index is 2.46. The summed E-state index contributed by atoms with van der Waals surface area (Å²) in [5, 5.41) is 4.93. The van der Waals surface area contributed by atoms with E-state index in [2.05, 4.69) is 17.0 Å². The molecule has 1 aromatic heterocycles. The minimum atomic E-state index is -3.42. The van der Waals surface area contributed by atoms with Crippen LogP contribution in [0.1, 0.15) is 32.1 Å². The van der Waals surface area contributed by atoms with Crippen molar-refractivity contribution >= 4 is 21.4 Å². The van der Waals surface area contributed by atoms with E-state index >= 15 is 0 Å². The summed E-state index contributed by atoms with van der Waals surface area (Å²) in [7, 11) is -3.42. The van der Waals surface area contributed by atoms with E-state index in [0.717, 1.165) is 17.8 Å². The van der Waals surface area contributed by atoms with E-state index in [1.165, 1.54) is 11.3 Å². The summed E-state index contributed by atoms with van der Waals surface area (Å²) in [6.45, 7) is 8.26. The summed E-state index contributed by atoms with van der Waals surface area (Å²) in [6.07, 6.45) is 1.17. The highest BCUT2D eigenvalue weighted by molar-refractivity contribution is 7.89. The van der Waals surface area contributed by atoms with Crippen LogP contribution in [0.15, 0.2) is 16.3 Å². The van der Waals surface area contributed by atoms with Gasteiger partial charge in [0.25, 0.3) is 0 Å². The molecule has 1 rings (SSSR count). The Morgan fingerprint density at radius 3 is 2.75 bits per heavy atom. The van der Waals surface area contributed by atoms with Crippen molar-refractivity contribution in [3.05, 3.63) is 16.3 Å². The van der Waals surface area contributed by atoms with Crippen LogP contribution in [0.25, 0.3) is 0 Å². The fraction of sp³-hybridized carbons (Fsp3) is 0.692. The molecular weight excluding hydrogens is 296 g/mol. The van der Waals surface area contributed by atoms with Gasteiger partial charge in [-0.15, -0.1) is 11.3 Å². The molecule has 7 heteroatoms. The van der Waals surface area contributed by atoms with Gasteiger partial charge in [0.2, 0.25) is 10.0 Å². The van der Waals surface area contributed by atoms with Crippen LogP contribution in [0, 0.1) is 0 Å². The second kappa shape index (κ2) is 8.74. The Bertz CT molecular complexity index is 484. The first-order chi connectivity index (χ1) is 9.45. The molecule has 20 heavy (non-hydrogen) atoms. The molecule has 0 aliphatic rings. The molecule has 0 aliphatic carbocycles. The highest BCUT2D eigenvalue weighted by Gasteiger charge is 2.15. The molecule has 0 amide bonds. The van der Waals surface area contributed by atoms with Gasteiger partial charge in [-0.1, -0.05) is 6.92 Å². The average Bonchev–Trinajstić information content (AvgIpc) is 2.84. The summed E-state index contributed by atoms with van der Waals surface area (Å²) < 4.78 is 31.9. The number of hydrogen-bond donors (Lipinski definition) is 2. The maximum Gasteiger partial charge on any atom is 0.241 e. The monoisotopic (exact) mass is 320 g/mol. The Labute approximate surface area is 125 Å². The molecule has 0 fully saturated rings. The molecule has 0 spiro atoms. The Morgan fingerprint density at radius 2 is 2.10 bits per heavy atom. The topological polar surface area (TPSA) is 67.4 Å². The van der Waals surface area contributed by atoms with Gasteiger partial charge in [0.1, 0.15) is 0 Å². The first kappa shape index (κ1) is 17.6. The van der Waals surface area contributed by atoms with E-state index in [-0.39, 0.29) is 6.10 Å². The predicted octanol–water partition coefficient (Wildman–Crippen LogP) is 1.95. The van der Waals surface area contributed by atoms with Gasteiger partial charge in [-0.25, -0.2) is 13.1 Å². The van der Waals surface area contributed by atoms with Crippen molar-refractivity contribution in [2.45, 2.75) is 44.7 Å². The molecule has 0 aromatic carbocycles. The van der Waals surface area contributed by atoms with Crippen LogP contribution < -0.4 is 10.0 Å². The van der Waals surface area contributed by atoms with Crippen LogP contribution in [-0.2, 0) is 21.3 Å². The molecule has 0 aliphatic heterocycles. The molecule has 0 bridgehead atoms. The van der Waals surface area contributed by atoms with Crippen LogP contribution in [-0.4, -0.2) is 34.2 Å². The standard InChI is InChI=1S/C13H24N2O3S2/c1-4-5-14-9-12-8-13(10-19-12)20(16,17)15-6-7-18-11(2)3/h8,10-11,14-15H,4-7,9H2,1-3H3. The molecule has 1 aromatic rings. The molecule has 1 heterocycles. The minimum absolute atomic E-state index is 0.108. The van der Waals surface area contributed by atoms with Gasteiger partial charge in [-0.05, 0) is 32.9 Å². The Hall–Kier alpha value is -0.470. The highest BCUT2D eigenvalue weighted by Crippen LogP contribution is 2.18. The van der Waals surface area contributed by atoms with Crippen molar-refractivity contribution < 1.29 is 13.2 Å². The fourth-order valence-corrected chi connectivity index (χ4v) is 3.79. The molecule has 5 nitrogen and oxygen atoms in total. The van der Waals surface area contributed by atoms with Gasteiger partial charge >= 0.3 is 0 Å². The van der Waals surface area contributed by atoms with Crippen molar-refractivity contribution in [2.24, 2.45) is 0 Å². The summed E-state index contributed by atoms with van der Waals surface area (Å²) in [5.74, 6) is 0. The van der Waals surface area contributed by atoms with Gasteiger partial charge in [-0.3, -0.25) is 0 Å². The SMILES string of the molecule is CCCNCc1cc(S(=O)(=O)NCCOC(C)C)cs1. The lowest BCUT2D eigenvalue weighted by atomic mass is 10.4. The quantitative estimate of drug-likeness (QED) is 0.647. The fourth-order valence-electron chi connectivity index (χ4n) is 1.54. The van der Waals surface area contributed by atoms with Crippen LogP contribution in [0.5, 0.6) is 0 Å². The molecule has 116 valence electrons. The van der Waals surface area contributed by atoms with Gasteiger partial charge in [-0.2, -0.15) is 0 Å². The van der Waals surface area contributed by atoms with Crippen molar-refractivity contribution in [3.63, 3.8) is 0 Å². The third kappa shape index (κ3) is 6.32.